The zero-order valence-corrected chi connectivity index (χ0v) is 14.8. The predicted molar refractivity (Wildman–Crippen MR) is 102 cm³/mol. The van der Waals surface area contributed by atoms with Gasteiger partial charge < -0.3 is 0 Å². The zero-order chi connectivity index (χ0) is 19.1. The van der Waals surface area contributed by atoms with E-state index in [4.69, 9.17) is 0 Å². The molecule has 2 aromatic rings. The van der Waals surface area contributed by atoms with Gasteiger partial charge in [-0.25, -0.2) is 5.43 Å². The fourth-order valence-corrected chi connectivity index (χ4v) is 2.54. The number of aliphatic imine (C=N–C) groups is 1. The highest BCUT2D eigenvalue weighted by atomic mass is 16.2. The van der Waals surface area contributed by atoms with E-state index in [1.807, 2.05) is 30.3 Å². The van der Waals surface area contributed by atoms with Gasteiger partial charge in [-0.3, -0.25) is 30.4 Å². The average Bonchev–Trinajstić information content (AvgIpc) is 2.70. The van der Waals surface area contributed by atoms with E-state index in [9.17, 15) is 9.59 Å². The second-order valence-electron chi connectivity index (χ2n) is 6.04. The predicted octanol–water partition coefficient (Wildman–Crippen LogP) is 0.956. The first-order valence-corrected chi connectivity index (χ1v) is 8.52. The number of rotatable bonds is 6. The first-order valence-electron chi connectivity index (χ1n) is 8.52. The lowest BCUT2D eigenvalue weighted by Crippen LogP contribution is -2.52. The number of nitrogens with one attached hydrogen (secondary N) is 3. The molecule has 0 unspecified atom stereocenters. The topological polar surface area (TPSA) is 108 Å². The maximum atomic E-state index is 12.2. The standard InChI is InChI=1S/C19H20N6O2/c1-13(15-7-9-20-10-8-15)22-24-18(26)12-16-19(27)25-23-17(21-16)11-14-5-3-2-4-6-14/h2-10,16H,11-12H2,1H3,(H,21,23)(H,24,26)(H,25,27)/b22-13-/t16-/m1/s1. The molecule has 3 rings (SSSR count). The Kier molecular flexibility index (Phi) is 5.88. The van der Waals surface area contributed by atoms with Crippen LogP contribution in [0.25, 0.3) is 0 Å². The van der Waals surface area contributed by atoms with Crippen LogP contribution >= 0.6 is 0 Å². The monoisotopic (exact) mass is 364 g/mol. The summed E-state index contributed by atoms with van der Waals surface area (Å²) in [6, 6.07) is 12.6. The Hall–Kier alpha value is -3.55. The molecule has 0 spiro atoms. The van der Waals surface area contributed by atoms with Gasteiger partial charge in [-0.1, -0.05) is 30.3 Å². The summed E-state index contributed by atoms with van der Waals surface area (Å²) in [4.78, 5) is 32.4. The number of hydrazone groups is 1. The van der Waals surface area contributed by atoms with Gasteiger partial charge >= 0.3 is 0 Å². The molecule has 3 N–H and O–H groups in total. The van der Waals surface area contributed by atoms with Crippen molar-refractivity contribution in [3.63, 3.8) is 0 Å². The van der Waals surface area contributed by atoms with Gasteiger partial charge in [0, 0.05) is 24.4 Å². The molecule has 0 fully saturated rings. The molecule has 0 saturated carbocycles. The van der Waals surface area contributed by atoms with Gasteiger partial charge in [0.15, 0.2) is 0 Å². The largest absolute Gasteiger partial charge is 0.285 e. The van der Waals surface area contributed by atoms with Crippen LogP contribution in [0.5, 0.6) is 0 Å². The molecule has 8 nitrogen and oxygen atoms in total. The number of amides is 2. The lowest BCUT2D eigenvalue weighted by molar-refractivity contribution is -0.128. The molecule has 0 radical (unpaired) electrons. The number of benzene rings is 1. The number of aromatic nitrogens is 1. The highest BCUT2D eigenvalue weighted by molar-refractivity contribution is 6.00. The molecule has 0 bridgehead atoms. The SMILES string of the molecule is C/C(=N/NC(=O)C[C@H]1N=C(Cc2ccccc2)NNC1=O)c1ccncc1. The molecule has 2 heterocycles. The minimum atomic E-state index is -0.790. The van der Waals surface area contributed by atoms with Crippen LogP contribution < -0.4 is 16.3 Å². The number of hydrogen-bond acceptors (Lipinski definition) is 6. The van der Waals surface area contributed by atoms with Gasteiger partial charge in [0.1, 0.15) is 11.9 Å². The van der Waals surface area contributed by atoms with Crippen LogP contribution in [0.3, 0.4) is 0 Å². The molecule has 0 saturated heterocycles. The normalized spacial score (nSPS) is 16.8. The minimum absolute atomic E-state index is 0.0844. The van der Waals surface area contributed by atoms with E-state index >= 15 is 0 Å². The Morgan fingerprint density at radius 3 is 2.63 bits per heavy atom. The van der Waals surface area contributed by atoms with Gasteiger partial charge in [0.25, 0.3) is 5.91 Å². The molecule has 1 aromatic heterocycles. The number of pyridine rings is 1. The van der Waals surface area contributed by atoms with Crippen LogP contribution in [0.2, 0.25) is 0 Å². The van der Waals surface area contributed by atoms with E-state index in [1.165, 1.54) is 0 Å². The van der Waals surface area contributed by atoms with Gasteiger partial charge in [0.05, 0.1) is 12.1 Å². The van der Waals surface area contributed by atoms with Crippen molar-refractivity contribution >= 4 is 23.4 Å². The molecule has 27 heavy (non-hydrogen) atoms. The first kappa shape index (κ1) is 18.2. The summed E-state index contributed by atoms with van der Waals surface area (Å²) < 4.78 is 0. The highest BCUT2D eigenvalue weighted by Gasteiger charge is 2.25. The molecular formula is C19H20N6O2. The number of carbonyl (C=O) groups is 2. The third-order valence-electron chi connectivity index (χ3n) is 3.98. The third kappa shape index (κ3) is 5.21. The molecule has 1 atom stereocenters. The molecule has 138 valence electrons. The summed E-state index contributed by atoms with van der Waals surface area (Å²) in [5, 5.41) is 4.07. The zero-order valence-electron chi connectivity index (χ0n) is 14.8. The maximum Gasteiger partial charge on any atom is 0.263 e. The number of hydrazine groups is 1. The second-order valence-corrected chi connectivity index (χ2v) is 6.04. The minimum Gasteiger partial charge on any atom is -0.285 e. The Bertz CT molecular complexity index is 864. The summed E-state index contributed by atoms with van der Waals surface area (Å²) in [7, 11) is 0. The quantitative estimate of drug-likeness (QED) is 0.524. The van der Waals surface area contributed by atoms with Crippen LogP contribution in [0.4, 0.5) is 0 Å². The molecule has 1 aliphatic rings. The molecule has 1 aliphatic heterocycles. The van der Waals surface area contributed by atoms with Crippen LogP contribution in [0.15, 0.2) is 65.0 Å². The van der Waals surface area contributed by atoms with E-state index in [0.29, 0.717) is 18.0 Å². The Morgan fingerprint density at radius 1 is 1.15 bits per heavy atom. The maximum absolute atomic E-state index is 12.2. The van der Waals surface area contributed by atoms with Crippen molar-refractivity contribution in [1.29, 1.82) is 0 Å². The first-order chi connectivity index (χ1) is 13.1. The second kappa shape index (κ2) is 8.70. The summed E-state index contributed by atoms with van der Waals surface area (Å²) in [6.45, 7) is 1.78. The van der Waals surface area contributed by atoms with Crippen LogP contribution in [-0.2, 0) is 16.0 Å². The van der Waals surface area contributed by atoms with E-state index < -0.39 is 6.04 Å². The van der Waals surface area contributed by atoms with Crippen LogP contribution in [0.1, 0.15) is 24.5 Å². The Balaban J connectivity index is 1.60. The Labute approximate surface area is 156 Å². The van der Waals surface area contributed by atoms with E-state index in [1.54, 1.807) is 31.5 Å². The fraction of sp³-hybridized carbons (Fsp3) is 0.211. The highest BCUT2D eigenvalue weighted by Crippen LogP contribution is 2.07. The van der Waals surface area contributed by atoms with Crippen molar-refractivity contribution in [2.75, 3.05) is 0 Å². The number of amidine groups is 1. The van der Waals surface area contributed by atoms with Crippen LogP contribution in [0, 0.1) is 0 Å². The molecule has 8 heteroatoms. The number of nitrogens with zero attached hydrogens (tertiary/aromatic N) is 3. The van der Waals surface area contributed by atoms with Gasteiger partial charge in [-0.05, 0) is 24.6 Å². The van der Waals surface area contributed by atoms with Crippen molar-refractivity contribution in [3.05, 3.63) is 66.0 Å². The smallest absolute Gasteiger partial charge is 0.263 e. The van der Waals surface area contributed by atoms with Gasteiger partial charge in [-0.2, -0.15) is 5.10 Å². The summed E-state index contributed by atoms with van der Waals surface area (Å²) >= 11 is 0. The molecular weight excluding hydrogens is 344 g/mol. The summed E-state index contributed by atoms with van der Waals surface area (Å²) in [5.41, 5.74) is 10.4. The lowest BCUT2D eigenvalue weighted by atomic mass is 10.1. The van der Waals surface area contributed by atoms with Gasteiger partial charge in [-0.15, -0.1) is 0 Å². The molecule has 2 amide bonds. The summed E-state index contributed by atoms with van der Waals surface area (Å²) in [6.07, 6.45) is 3.76. The van der Waals surface area contributed by atoms with Crippen LogP contribution in [-0.4, -0.2) is 34.4 Å². The molecule has 0 aliphatic carbocycles. The van der Waals surface area contributed by atoms with Crippen molar-refractivity contribution in [3.8, 4) is 0 Å². The Morgan fingerprint density at radius 2 is 1.89 bits per heavy atom. The fourth-order valence-electron chi connectivity index (χ4n) is 2.54. The lowest BCUT2D eigenvalue weighted by Gasteiger charge is -2.21. The number of hydrogen-bond donors (Lipinski definition) is 3. The molecule has 1 aromatic carbocycles. The van der Waals surface area contributed by atoms with Crippen molar-refractivity contribution < 1.29 is 9.59 Å². The number of carbonyl (C=O) groups excluding carboxylic acids is 2. The van der Waals surface area contributed by atoms with E-state index in [-0.39, 0.29) is 18.2 Å². The van der Waals surface area contributed by atoms with E-state index in [2.05, 4.69) is 31.4 Å². The van der Waals surface area contributed by atoms with Crippen molar-refractivity contribution in [1.82, 2.24) is 21.3 Å². The summed E-state index contributed by atoms with van der Waals surface area (Å²) in [5.74, 6) is -0.125. The van der Waals surface area contributed by atoms with Crippen molar-refractivity contribution in [2.45, 2.75) is 25.8 Å². The van der Waals surface area contributed by atoms with Crippen molar-refractivity contribution in [2.24, 2.45) is 10.1 Å². The average molecular weight is 364 g/mol. The van der Waals surface area contributed by atoms with E-state index in [0.717, 1.165) is 11.1 Å². The van der Waals surface area contributed by atoms with Gasteiger partial charge in [0.2, 0.25) is 5.91 Å². The third-order valence-corrected chi connectivity index (χ3v) is 3.98.